The van der Waals surface area contributed by atoms with Crippen molar-refractivity contribution in [2.45, 2.75) is 23.1 Å². The van der Waals surface area contributed by atoms with Gasteiger partial charge < -0.3 is 0 Å². The first-order valence-electron chi connectivity index (χ1n) is 16.6. The third-order valence-corrected chi connectivity index (χ3v) is 11.0. The SMILES string of the molecule is CCc1nc2cccc3c2n1-c1c(cccc1-c1ccc2c(-c4ccccc4)c4ccccc4c(-c4cccc5ccccc45)c2c1)S3. The van der Waals surface area contributed by atoms with Crippen LogP contribution in [0.4, 0.5) is 0 Å². The molecule has 48 heavy (non-hydrogen) atoms. The molecule has 226 valence electrons. The van der Waals surface area contributed by atoms with Gasteiger partial charge in [0.2, 0.25) is 0 Å². The summed E-state index contributed by atoms with van der Waals surface area (Å²) in [5, 5.41) is 7.57. The minimum Gasteiger partial charge on any atom is -0.293 e. The molecule has 0 N–H and O–H groups in total. The number of aromatic nitrogens is 2. The molecule has 1 aliphatic rings. The van der Waals surface area contributed by atoms with Crippen molar-refractivity contribution in [1.29, 1.82) is 0 Å². The molecule has 1 aliphatic heterocycles. The van der Waals surface area contributed by atoms with Crippen LogP contribution in [0.15, 0.2) is 161 Å². The molecule has 0 amide bonds. The molecule has 0 bridgehead atoms. The third kappa shape index (κ3) is 3.98. The van der Waals surface area contributed by atoms with Gasteiger partial charge in [-0.1, -0.05) is 146 Å². The van der Waals surface area contributed by atoms with E-state index in [-0.39, 0.29) is 0 Å². The van der Waals surface area contributed by atoms with E-state index < -0.39 is 0 Å². The average molecular weight is 631 g/mol. The van der Waals surface area contributed by atoms with Crippen LogP contribution in [-0.4, -0.2) is 9.55 Å². The standard InChI is InChI=1S/C45H30N2S/c1-2-41-46-38-22-12-24-40-45(38)47(41)44-32(20-11-23-39(44)48-40)30-25-26-36-37(27-30)43(33-21-10-16-28-13-6-7-17-31(28)33)35-19-9-8-18-34(35)42(36)29-14-4-3-5-15-29/h3-27H,2H2,1H3. The Morgan fingerprint density at radius 1 is 0.521 bits per heavy atom. The Morgan fingerprint density at radius 2 is 1.19 bits per heavy atom. The fraction of sp³-hybridized carbons (Fsp3) is 0.0444. The van der Waals surface area contributed by atoms with E-state index >= 15 is 0 Å². The predicted octanol–water partition coefficient (Wildman–Crippen LogP) is 12.5. The molecule has 3 heteroatoms. The lowest BCUT2D eigenvalue weighted by Crippen LogP contribution is -2.07. The fourth-order valence-electron chi connectivity index (χ4n) is 7.89. The average Bonchev–Trinajstić information content (AvgIpc) is 3.53. The van der Waals surface area contributed by atoms with Crippen LogP contribution in [0, 0.1) is 0 Å². The summed E-state index contributed by atoms with van der Waals surface area (Å²) in [5.41, 5.74) is 11.0. The number of para-hydroxylation sites is 2. The van der Waals surface area contributed by atoms with Crippen molar-refractivity contribution in [2.75, 3.05) is 0 Å². The summed E-state index contributed by atoms with van der Waals surface area (Å²) in [4.78, 5) is 7.62. The van der Waals surface area contributed by atoms with Gasteiger partial charge in [-0.25, -0.2) is 4.98 Å². The Morgan fingerprint density at radius 3 is 2.04 bits per heavy atom. The first-order chi connectivity index (χ1) is 23.8. The number of aryl methyl sites for hydroxylation is 1. The molecule has 10 rings (SSSR count). The molecule has 0 radical (unpaired) electrons. The van der Waals surface area contributed by atoms with Gasteiger partial charge in [-0.2, -0.15) is 0 Å². The summed E-state index contributed by atoms with van der Waals surface area (Å²) >= 11 is 1.85. The molecule has 0 aliphatic carbocycles. The van der Waals surface area contributed by atoms with Gasteiger partial charge in [0.15, 0.2) is 0 Å². The van der Waals surface area contributed by atoms with Crippen molar-refractivity contribution in [3.63, 3.8) is 0 Å². The minimum absolute atomic E-state index is 0.863. The zero-order chi connectivity index (χ0) is 31.8. The summed E-state index contributed by atoms with van der Waals surface area (Å²) < 4.78 is 2.43. The maximum absolute atomic E-state index is 5.10. The molecule has 0 saturated heterocycles. The molecule has 0 spiro atoms. The molecular formula is C45H30N2S. The van der Waals surface area contributed by atoms with E-state index in [1.54, 1.807) is 0 Å². The van der Waals surface area contributed by atoms with Gasteiger partial charge in [0.05, 0.1) is 16.7 Å². The van der Waals surface area contributed by atoms with Crippen molar-refractivity contribution in [3.8, 4) is 39.1 Å². The number of rotatable bonds is 4. The van der Waals surface area contributed by atoms with E-state index in [4.69, 9.17) is 4.98 Å². The molecule has 8 aromatic carbocycles. The van der Waals surface area contributed by atoms with E-state index in [2.05, 4.69) is 163 Å². The lowest BCUT2D eigenvalue weighted by molar-refractivity contribution is 0.889. The summed E-state index contributed by atoms with van der Waals surface area (Å²) in [7, 11) is 0. The highest BCUT2D eigenvalue weighted by atomic mass is 32.2. The highest BCUT2D eigenvalue weighted by molar-refractivity contribution is 7.99. The van der Waals surface area contributed by atoms with Crippen LogP contribution in [0.1, 0.15) is 12.7 Å². The summed E-state index contributed by atoms with van der Waals surface area (Å²) in [6.45, 7) is 2.21. The second kappa shape index (κ2) is 10.7. The molecule has 2 heterocycles. The maximum atomic E-state index is 5.10. The van der Waals surface area contributed by atoms with Crippen molar-refractivity contribution in [3.05, 3.63) is 157 Å². The normalized spacial score (nSPS) is 12.3. The van der Waals surface area contributed by atoms with E-state index in [0.29, 0.717) is 0 Å². The van der Waals surface area contributed by atoms with E-state index in [1.165, 1.54) is 86.7 Å². The molecule has 9 aromatic rings. The molecular weight excluding hydrogens is 601 g/mol. The van der Waals surface area contributed by atoms with Gasteiger partial charge in [0, 0.05) is 21.8 Å². The first kappa shape index (κ1) is 27.5. The zero-order valence-electron chi connectivity index (χ0n) is 26.4. The van der Waals surface area contributed by atoms with Crippen LogP contribution in [0.2, 0.25) is 0 Å². The van der Waals surface area contributed by atoms with E-state index in [9.17, 15) is 0 Å². The second-order valence-corrected chi connectivity index (χ2v) is 13.6. The zero-order valence-corrected chi connectivity index (χ0v) is 27.3. The Labute approximate surface area is 283 Å². The maximum Gasteiger partial charge on any atom is 0.114 e. The highest BCUT2D eigenvalue weighted by Crippen LogP contribution is 2.49. The second-order valence-electron chi connectivity index (χ2n) is 12.5. The first-order valence-corrected chi connectivity index (χ1v) is 17.4. The Balaban J connectivity index is 1.34. The molecule has 1 aromatic heterocycles. The molecule has 2 nitrogen and oxygen atoms in total. The summed E-state index contributed by atoms with van der Waals surface area (Å²) in [6.07, 6.45) is 0.863. The lowest BCUT2D eigenvalue weighted by atomic mass is 9.83. The number of hydrogen-bond donors (Lipinski definition) is 0. The molecule has 0 atom stereocenters. The monoisotopic (exact) mass is 630 g/mol. The van der Waals surface area contributed by atoms with Crippen LogP contribution in [0.3, 0.4) is 0 Å². The smallest absolute Gasteiger partial charge is 0.114 e. The van der Waals surface area contributed by atoms with Crippen LogP contribution in [0.25, 0.3) is 82.4 Å². The number of nitrogens with zero attached hydrogens (tertiary/aromatic N) is 2. The third-order valence-electron chi connectivity index (χ3n) is 9.92. The molecule has 0 saturated carbocycles. The van der Waals surface area contributed by atoms with Crippen molar-refractivity contribution in [2.24, 2.45) is 0 Å². The molecule has 0 fully saturated rings. The van der Waals surface area contributed by atoms with Crippen LogP contribution >= 0.6 is 11.8 Å². The predicted molar refractivity (Wildman–Crippen MR) is 203 cm³/mol. The van der Waals surface area contributed by atoms with Gasteiger partial charge in [-0.3, -0.25) is 4.57 Å². The van der Waals surface area contributed by atoms with Gasteiger partial charge in [-0.05, 0) is 84.4 Å². The minimum atomic E-state index is 0.863. The van der Waals surface area contributed by atoms with Crippen molar-refractivity contribution in [1.82, 2.24) is 9.55 Å². The number of hydrogen-bond acceptors (Lipinski definition) is 2. The Bertz CT molecular complexity index is 2730. The largest absolute Gasteiger partial charge is 0.293 e. The van der Waals surface area contributed by atoms with Crippen molar-refractivity contribution < 1.29 is 0 Å². The highest BCUT2D eigenvalue weighted by Gasteiger charge is 2.26. The number of benzene rings is 8. The number of imidazole rings is 1. The van der Waals surface area contributed by atoms with Gasteiger partial charge in [0.25, 0.3) is 0 Å². The topological polar surface area (TPSA) is 17.8 Å². The fourth-order valence-corrected chi connectivity index (χ4v) is 9.01. The van der Waals surface area contributed by atoms with Crippen LogP contribution in [-0.2, 0) is 6.42 Å². The van der Waals surface area contributed by atoms with Gasteiger partial charge >= 0.3 is 0 Å². The van der Waals surface area contributed by atoms with Crippen molar-refractivity contribution >= 4 is 55.1 Å². The molecule has 0 unspecified atom stereocenters. The van der Waals surface area contributed by atoms with Crippen LogP contribution in [0.5, 0.6) is 0 Å². The lowest BCUT2D eigenvalue weighted by Gasteiger charge is -2.24. The summed E-state index contributed by atoms with van der Waals surface area (Å²) in [5.74, 6) is 1.10. The summed E-state index contributed by atoms with van der Waals surface area (Å²) in [6, 6.07) is 55.7. The quantitative estimate of drug-likeness (QED) is 0.180. The van der Waals surface area contributed by atoms with Crippen LogP contribution < -0.4 is 0 Å². The van der Waals surface area contributed by atoms with Gasteiger partial charge in [0.1, 0.15) is 5.82 Å². The Kier molecular flexibility index (Phi) is 6.12. The van der Waals surface area contributed by atoms with Gasteiger partial charge in [-0.15, -0.1) is 0 Å². The number of fused-ring (bicyclic) bond motifs is 5. The Hall–Kier alpha value is -5.64. The van der Waals surface area contributed by atoms with E-state index in [0.717, 1.165) is 17.8 Å². The van der Waals surface area contributed by atoms with E-state index in [1.807, 2.05) is 11.8 Å².